The number of aliphatic hydroxyl groups excluding tert-OH is 1. The normalized spacial score (nSPS) is 14.1. The molecule has 1 aromatic carbocycles. The molecule has 1 aliphatic heterocycles. The summed E-state index contributed by atoms with van der Waals surface area (Å²) in [6.45, 7) is 0.601. The molecule has 29 heavy (non-hydrogen) atoms. The summed E-state index contributed by atoms with van der Waals surface area (Å²) >= 11 is 0. The molecule has 0 radical (unpaired) electrons. The molecule has 0 saturated heterocycles. The van der Waals surface area contributed by atoms with Crippen molar-refractivity contribution in [3.05, 3.63) is 71.3 Å². The van der Waals surface area contributed by atoms with Crippen LogP contribution in [0, 0.1) is 5.82 Å². The first-order chi connectivity index (χ1) is 14.1. The third-order valence-electron chi connectivity index (χ3n) is 5.07. The number of aromatic nitrogens is 2. The third kappa shape index (κ3) is 3.69. The van der Waals surface area contributed by atoms with Gasteiger partial charge in [-0.05, 0) is 49.1 Å². The number of hydrogen-bond acceptors (Lipinski definition) is 4. The molecular weight excluding hydrogens is 373 g/mol. The van der Waals surface area contributed by atoms with E-state index in [1.54, 1.807) is 24.4 Å². The van der Waals surface area contributed by atoms with Gasteiger partial charge < -0.3 is 9.67 Å². The number of amides is 2. The van der Waals surface area contributed by atoms with Crippen molar-refractivity contribution in [1.29, 1.82) is 0 Å². The fourth-order valence-electron chi connectivity index (χ4n) is 3.67. The lowest BCUT2D eigenvalue weighted by atomic mass is 9.97. The molecule has 0 aliphatic carbocycles. The van der Waals surface area contributed by atoms with Crippen LogP contribution in [-0.2, 0) is 22.6 Å². The van der Waals surface area contributed by atoms with Gasteiger partial charge in [-0.2, -0.15) is 0 Å². The summed E-state index contributed by atoms with van der Waals surface area (Å²) in [6, 6.07) is 9.77. The average molecular weight is 393 g/mol. The van der Waals surface area contributed by atoms with E-state index >= 15 is 0 Å². The largest absolute Gasteiger partial charge is 0.396 e. The van der Waals surface area contributed by atoms with Crippen molar-refractivity contribution < 1.29 is 19.1 Å². The van der Waals surface area contributed by atoms with Gasteiger partial charge in [0.2, 0.25) is 0 Å². The molecule has 0 unspecified atom stereocenters. The minimum atomic E-state index is -0.422. The minimum Gasteiger partial charge on any atom is -0.396 e. The van der Waals surface area contributed by atoms with Crippen molar-refractivity contribution >= 4 is 28.4 Å². The van der Waals surface area contributed by atoms with Crippen LogP contribution in [0.15, 0.2) is 54.4 Å². The molecule has 0 spiro atoms. The summed E-state index contributed by atoms with van der Waals surface area (Å²) in [7, 11) is 0. The van der Waals surface area contributed by atoms with Crippen molar-refractivity contribution in [1.82, 2.24) is 14.9 Å². The molecule has 0 bridgehead atoms. The van der Waals surface area contributed by atoms with Crippen molar-refractivity contribution in [3.63, 3.8) is 0 Å². The number of fused-ring (bicyclic) bond motifs is 1. The molecule has 2 amide bonds. The Labute approximate surface area is 166 Å². The summed E-state index contributed by atoms with van der Waals surface area (Å²) in [5.74, 6) is -1.13. The highest BCUT2D eigenvalue weighted by Crippen LogP contribution is 2.33. The topological polar surface area (TPSA) is 84.2 Å². The smallest absolute Gasteiger partial charge is 0.259 e. The quantitative estimate of drug-likeness (QED) is 0.605. The van der Waals surface area contributed by atoms with Gasteiger partial charge in [-0.15, -0.1) is 0 Å². The van der Waals surface area contributed by atoms with E-state index in [4.69, 9.17) is 5.11 Å². The number of nitrogens with one attached hydrogen (secondary N) is 1. The molecule has 7 heteroatoms. The third-order valence-corrected chi connectivity index (χ3v) is 5.07. The maximum atomic E-state index is 13.1. The Bertz CT molecular complexity index is 1120. The van der Waals surface area contributed by atoms with Crippen LogP contribution in [0.4, 0.5) is 4.39 Å². The standard InChI is InChI=1S/C22H20FN3O3/c23-15-7-4-14(5-8-15)6-9-17-19(22(29)25-21(17)28)18-13-26(11-2-12-27)20-16(18)3-1-10-24-20/h1,3-5,7-8,10,13,27H,2,6,9,11-12H2,(H,25,28,29). The van der Waals surface area contributed by atoms with Crippen LogP contribution < -0.4 is 5.32 Å². The molecular formula is C22H20FN3O3. The zero-order valence-corrected chi connectivity index (χ0v) is 15.7. The second-order valence-electron chi connectivity index (χ2n) is 6.95. The zero-order valence-electron chi connectivity index (χ0n) is 15.7. The lowest BCUT2D eigenvalue weighted by Crippen LogP contribution is -2.23. The highest BCUT2D eigenvalue weighted by atomic mass is 19.1. The Balaban J connectivity index is 1.74. The average Bonchev–Trinajstić information content (AvgIpc) is 3.22. The van der Waals surface area contributed by atoms with Crippen LogP contribution in [-0.4, -0.2) is 33.1 Å². The number of hydrogen-bond donors (Lipinski definition) is 2. The Morgan fingerprint density at radius 3 is 2.62 bits per heavy atom. The Morgan fingerprint density at radius 1 is 1.07 bits per heavy atom. The van der Waals surface area contributed by atoms with Gasteiger partial charge in [-0.25, -0.2) is 9.37 Å². The van der Waals surface area contributed by atoms with Gasteiger partial charge in [0, 0.05) is 42.1 Å². The lowest BCUT2D eigenvalue weighted by molar-refractivity contribution is -0.123. The van der Waals surface area contributed by atoms with Gasteiger partial charge in [0.25, 0.3) is 11.8 Å². The maximum Gasteiger partial charge on any atom is 0.259 e. The molecule has 6 nitrogen and oxygen atoms in total. The highest BCUT2D eigenvalue weighted by Gasteiger charge is 2.32. The van der Waals surface area contributed by atoms with E-state index in [0.717, 1.165) is 10.9 Å². The fraction of sp³-hybridized carbons (Fsp3) is 0.227. The first kappa shape index (κ1) is 19.0. The van der Waals surface area contributed by atoms with E-state index in [9.17, 15) is 14.0 Å². The molecule has 148 valence electrons. The summed E-state index contributed by atoms with van der Waals surface area (Å²) in [5, 5.41) is 12.3. The van der Waals surface area contributed by atoms with E-state index in [-0.39, 0.29) is 12.4 Å². The number of aliphatic hydroxyl groups is 1. The van der Waals surface area contributed by atoms with Gasteiger partial charge in [0.1, 0.15) is 11.5 Å². The Kier molecular flexibility index (Phi) is 5.22. The van der Waals surface area contributed by atoms with Crippen molar-refractivity contribution in [2.45, 2.75) is 25.8 Å². The maximum absolute atomic E-state index is 13.1. The molecule has 2 N–H and O–H groups in total. The fourth-order valence-corrected chi connectivity index (χ4v) is 3.67. The molecule has 2 aromatic heterocycles. The second kappa shape index (κ2) is 7.97. The first-order valence-electron chi connectivity index (χ1n) is 9.47. The van der Waals surface area contributed by atoms with Gasteiger partial charge in [-0.1, -0.05) is 12.1 Å². The van der Waals surface area contributed by atoms with Crippen molar-refractivity contribution in [2.75, 3.05) is 6.61 Å². The van der Waals surface area contributed by atoms with Gasteiger partial charge in [0.15, 0.2) is 0 Å². The molecule has 0 atom stereocenters. The number of carbonyl (C=O) groups excluding carboxylic acids is 2. The molecule has 0 fully saturated rings. The summed E-state index contributed by atoms with van der Waals surface area (Å²) in [6.07, 6.45) is 4.93. The monoisotopic (exact) mass is 393 g/mol. The molecule has 1 aliphatic rings. The SMILES string of the molecule is O=C1NC(=O)C(c2cn(CCCO)c3ncccc23)=C1CCc1ccc(F)cc1. The van der Waals surface area contributed by atoms with E-state index < -0.39 is 11.8 Å². The van der Waals surface area contributed by atoms with Crippen LogP contribution in [0.5, 0.6) is 0 Å². The highest BCUT2D eigenvalue weighted by molar-refractivity contribution is 6.37. The molecule has 0 saturated carbocycles. The Hall–Kier alpha value is -3.32. The van der Waals surface area contributed by atoms with Gasteiger partial charge in [-0.3, -0.25) is 14.9 Å². The van der Waals surface area contributed by atoms with Crippen LogP contribution in [0.2, 0.25) is 0 Å². The second-order valence-corrected chi connectivity index (χ2v) is 6.95. The van der Waals surface area contributed by atoms with Crippen LogP contribution in [0.25, 0.3) is 16.6 Å². The van der Waals surface area contributed by atoms with Crippen molar-refractivity contribution in [3.8, 4) is 0 Å². The first-order valence-corrected chi connectivity index (χ1v) is 9.47. The summed E-state index contributed by atoms with van der Waals surface area (Å²) in [4.78, 5) is 29.5. The molecule has 3 heterocycles. The number of halogens is 1. The van der Waals surface area contributed by atoms with Crippen LogP contribution in [0.1, 0.15) is 24.0 Å². The van der Waals surface area contributed by atoms with Gasteiger partial charge >= 0.3 is 0 Å². The summed E-state index contributed by atoms with van der Waals surface area (Å²) in [5.41, 5.74) is 3.02. The molecule has 3 aromatic rings. The molecule has 4 rings (SSSR count). The number of aryl methyl sites for hydroxylation is 2. The number of imide groups is 1. The summed E-state index contributed by atoms with van der Waals surface area (Å²) < 4.78 is 15.0. The van der Waals surface area contributed by atoms with Crippen LogP contribution >= 0.6 is 0 Å². The van der Waals surface area contributed by atoms with Crippen molar-refractivity contribution in [2.24, 2.45) is 0 Å². The number of carbonyl (C=O) groups is 2. The number of nitrogens with zero attached hydrogens (tertiary/aromatic N) is 2. The number of pyridine rings is 1. The van der Waals surface area contributed by atoms with Gasteiger partial charge in [0.05, 0.1) is 5.57 Å². The predicted octanol–water partition coefficient (Wildman–Crippen LogP) is 2.60. The number of benzene rings is 1. The van der Waals surface area contributed by atoms with E-state index in [1.807, 2.05) is 16.8 Å². The van der Waals surface area contributed by atoms with E-state index in [1.165, 1.54) is 12.1 Å². The number of rotatable bonds is 7. The zero-order chi connectivity index (χ0) is 20.4. The van der Waals surface area contributed by atoms with E-state index in [2.05, 4.69) is 10.3 Å². The van der Waals surface area contributed by atoms with E-state index in [0.29, 0.717) is 48.2 Å². The lowest BCUT2D eigenvalue weighted by Gasteiger charge is -2.04. The Morgan fingerprint density at radius 2 is 1.86 bits per heavy atom. The minimum absolute atomic E-state index is 0.0480. The van der Waals surface area contributed by atoms with Crippen LogP contribution in [0.3, 0.4) is 0 Å². The predicted molar refractivity (Wildman–Crippen MR) is 106 cm³/mol.